The van der Waals surface area contributed by atoms with Crippen molar-refractivity contribution in [1.29, 1.82) is 0 Å². The number of ether oxygens (including phenoxy) is 1. The van der Waals surface area contributed by atoms with Crippen molar-refractivity contribution in [1.82, 2.24) is 9.97 Å². The molecule has 0 N–H and O–H groups in total. The van der Waals surface area contributed by atoms with Crippen LogP contribution in [-0.2, 0) is 4.74 Å². The van der Waals surface area contributed by atoms with Gasteiger partial charge in [-0.3, -0.25) is 0 Å². The van der Waals surface area contributed by atoms with Crippen LogP contribution in [0.4, 0.5) is 0 Å². The van der Waals surface area contributed by atoms with Crippen LogP contribution < -0.4 is 0 Å². The van der Waals surface area contributed by atoms with Gasteiger partial charge in [-0.05, 0) is 26.2 Å². The van der Waals surface area contributed by atoms with Crippen LogP contribution >= 0.6 is 11.8 Å². The van der Waals surface area contributed by atoms with Gasteiger partial charge < -0.3 is 4.74 Å². The van der Waals surface area contributed by atoms with Crippen LogP contribution in [0.2, 0.25) is 0 Å². The number of hydrogen-bond donors (Lipinski definition) is 0. The normalized spacial score (nSPS) is 10.3. The minimum Gasteiger partial charge on any atom is -0.462 e. The van der Waals surface area contributed by atoms with E-state index in [9.17, 15) is 4.79 Å². The molecular formula is C15H16N2O2S. The number of rotatable bonds is 4. The fourth-order valence-corrected chi connectivity index (χ4v) is 2.57. The van der Waals surface area contributed by atoms with Gasteiger partial charge in [-0.2, -0.15) is 0 Å². The lowest BCUT2D eigenvalue weighted by molar-refractivity contribution is 0.0525. The number of carbonyl (C=O) groups is 1. The summed E-state index contributed by atoms with van der Waals surface area (Å²) < 4.78 is 5.12. The molecule has 5 heteroatoms. The average molecular weight is 288 g/mol. The molecule has 4 nitrogen and oxygen atoms in total. The first-order valence-electron chi connectivity index (χ1n) is 6.31. The first-order valence-corrected chi connectivity index (χ1v) is 7.53. The molecule has 0 aliphatic rings. The molecule has 1 aromatic carbocycles. The Morgan fingerprint density at radius 1 is 1.30 bits per heavy atom. The lowest BCUT2D eigenvalue weighted by Gasteiger charge is -2.12. The number of nitrogens with zero attached hydrogens (tertiary/aromatic N) is 2. The Balaban J connectivity index is 2.62. The van der Waals surface area contributed by atoms with Crippen LogP contribution in [0.5, 0.6) is 0 Å². The Kier molecular flexibility index (Phi) is 4.74. The van der Waals surface area contributed by atoms with Crippen LogP contribution in [-0.4, -0.2) is 28.8 Å². The number of hydrogen-bond acceptors (Lipinski definition) is 5. The molecule has 0 amide bonds. The van der Waals surface area contributed by atoms with Crippen LogP contribution in [0.1, 0.15) is 23.0 Å². The first-order chi connectivity index (χ1) is 9.69. The predicted molar refractivity (Wildman–Crippen MR) is 79.9 cm³/mol. The third-order valence-electron chi connectivity index (χ3n) is 2.88. The van der Waals surface area contributed by atoms with Crippen molar-refractivity contribution in [2.75, 3.05) is 12.9 Å². The Morgan fingerprint density at radius 2 is 2.05 bits per heavy atom. The molecule has 104 valence electrons. The van der Waals surface area contributed by atoms with E-state index in [1.165, 1.54) is 6.33 Å². The topological polar surface area (TPSA) is 52.1 Å². The molecule has 0 saturated carbocycles. The minimum absolute atomic E-state index is 0.330. The highest BCUT2D eigenvalue weighted by molar-refractivity contribution is 7.98. The number of carbonyl (C=O) groups excluding carboxylic acids is 1. The summed E-state index contributed by atoms with van der Waals surface area (Å²) in [4.78, 5) is 21.6. The van der Waals surface area contributed by atoms with Crippen molar-refractivity contribution >= 4 is 17.7 Å². The number of benzene rings is 1. The summed E-state index contributed by atoms with van der Waals surface area (Å²) in [6, 6.07) is 7.86. The van der Waals surface area contributed by atoms with E-state index in [0.29, 0.717) is 23.6 Å². The molecule has 0 aliphatic heterocycles. The molecule has 2 aromatic rings. The monoisotopic (exact) mass is 288 g/mol. The van der Waals surface area contributed by atoms with Crippen molar-refractivity contribution in [2.45, 2.75) is 18.7 Å². The van der Waals surface area contributed by atoms with Crippen LogP contribution in [0.15, 0.2) is 35.5 Å². The van der Waals surface area contributed by atoms with E-state index < -0.39 is 0 Å². The van der Waals surface area contributed by atoms with Crippen molar-refractivity contribution in [2.24, 2.45) is 0 Å². The average Bonchev–Trinajstić information content (AvgIpc) is 2.47. The number of aryl methyl sites for hydroxylation is 1. The van der Waals surface area contributed by atoms with E-state index in [1.807, 2.05) is 30.5 Å². The molecule has 1 aromatic heterocycles. The summed E-state index contributed by atoms with van der Waals surface area (Å²) in [5.41, 5.74) is 2.62. The van der Waals surface area contributed by atoms with E-state index in [4.69, 9.17) is 4.74 Å². The number of esters is 1. The largest absolute Gasteiger partial charge is 0.462 e. The zero-order chi connectivity index (χ0) is 14.5. The van der Waals surface area contributed by atoms with Gasteiger partial charge in [-0.1, -0.05) is 18.2 Å². The molecule has 0 spiro atoms. The lowest BCUT2D eigenvalue weighted by atomic mass is 10.0. The minimum atomic E-state index is -0.378. The molecule has 20 heavy (non-hydrogen) atoms. The van der Waals surface area contributed by atoms with Crippen molar-refractivity contribution in [3.63, 3.8) is 0 Å². The lowest BCUT2D eigenvalue weighted by Crippen LogP contribution is -2.11. The van der Waals surface area contributed by atoms with Crippen LogP contribution in [0, 0.1) is 6.92 Å². The summed E-state index contributed by atoms with van der Waals surface area (Å²) in [7, 11) is 0. The Bertz CT molecular complexity index is 629. The second-order valence-electron chi connectivity index (χ2n) is 4.10. The van der Waals surface area contributed by atoms with Crippen LogP contribution in [0.3, 0.4) is 0 Å². The van der Waals surface area contributed by atoms with Crippen molar-refractivity contribution < 1.29 is 9.53 Å². The molecule has 2 rings (SSSR count). The molecule has 0 radical (unpaired) electrons. The molecule has 0 unspecified atom stereocenters. The highest BCUT2D eigenvalue weighted by Crippen LogP contribution is 2.31. The predicted octanol–water partition coefficient (Wildman–Crippen LogP) is 3.35. The fourth-order valence-electron chi connectivity index (χ4n) is 1.97. The maximum absolute atomic E-state index is 12.2. The summed E-state index contributed by atoms with van der Waals surface area (Å²) in [5, 5.41) is 0. The van der Waals surface area contributed by atoms with Gasteiger partial charge >= 0.3 is 5.97 Å². The molecule has 0 bridgehead atoms. The molecule has 0 aliphatic carbocycles. The summed E-state index contributed by atoms with van der Waals surface area (Å²) in [6.07, 6.45) is 3.47. The maximum Gasteiger partial charge on any atom is 0.342 e. The molecule has 0 fully saturated rings. The van der Waals surface area contributed by atoms with Gasteiger partial charge in [-0.15, -0.1) is 11.8 Å². The van der Waals surface area contributed by atoms with Gasteiger partial charge in [0.1, 0.15) is 11.9 Å². The second kappa shape index (κ2) is 6.52. The smallest absolute Gasteiger partial charge is 0.342 e. The fraction of sp³-hybridized carbons (Fsp3) is 0.267. The van der Waals surface area contributed by atoms with E-state index in [0.717, 1.165) is 10.5 Å². The SMILES string of the molecule is CCOC(=O)c1c(C)ncnc1-c1ccccc1SC. The van der Waals surface area contributed by atoms with Gasteiger partial charge in [0.25, 0.3) is 0 Å². The second-order valence-corrected chi connectivity index (χ2v) is 4.95. The maximum atomic E-state index is 12.2. The quantitative estimate of drug-likeness (QED) is 0.638. The standard InChI is InChI=1S/C15H16N2O2S/c1-4-19-15(18)13-10(2)16-9-17-14(13)11-7-5-6-8-12(11)20-3/h5-9H,4H2,1-3H3. The highest BCUT2D eigenvalue weighted by atomic mass is 32.2. The number of aromatic nitrogens is 2. The van der Waals surface area contributed by atoms with Gasteiger partial charge in [-0.25, -0.2) is 14.8 Å². The van der Waals surface area contributed by atoms with E-state index in [-0.39, 0.29) is 5.97 Å². The van der Waals surface area contributed by atoms with Crippen molar-refractivity contribution in [3.8, 4) is 11.3 Å². The summed E-state index contributed by atoms with van der Waals surface area (Å²) in [6.45, 7) is 3.91. The Hall–Kier alpha value is -1.88. The van der Waals surface area contributed by atoms with Gasteiger partial charge in [0.15, 0.2) is 0 Å². The van der Waals surface area contributed by atoms with E-state index in [1.54, 1.807) is 25.6 Å². The Morgan fingerprint density at radius 3 is 2.75 bits per heavy atom. The number of thioether (sulfide) groups is 1. The zero-order valence-electron chi connectivity index (χ0n) is 11.7. The summed E-state index contributed by atoms with van der Waals surface area (Å²) in [5.74, 6) is -0.378. The Labute approximate surface area is 122 Å². The molecule has 0 atom stereocenters. The van der Waals surface area contributed by atoms with Gasteiger partial charge in [0.05, 0.1) is 18.0 Å². The van der Waals surface area contributed by atoms with Gasteiger partial charge in [0.2, 0.25) is 0 Å². The van der Waals surface area contributed by atoms with Gasteiger partial charge in [0, 0.05) is 10.5 Å². The van der Waals surface area contributed by atoms with E-state index >= 15 is 0 Å². The van der Waals surface area contributed by atoms with E-state index in [2.05, 4.69) is 9.97 Å². The summed E-state index contributed by atoms with van der Waals surface area (Å²) >= 11 is 1.62. The molecular weight excluding hydrogens is 272 g/mol. The van der Waals surface area contributed by atoms with Crippen LogP contribution in [0.25, 0.3) is 11.3 Å². The zero-order valence-corrected chi connectivity index (χ0v) is 12.5. The third-order valence-corrected chi connectivity index (χ3v) is 3.67. The first kappa shape index (κ1) is 14.5. The molecule has 0 saturated heterocycles. The highest BCUT2D eigenvalue weighted by Gasteiger charge is 2.20. The third kappa shape index (κ3) is 2.82. The molecule has 1 heterocycles. The van der Waals surface area contributed by atoms with Crippen molar-refractivity contribution in [3.05, 3.63) is 41.9 Å².